The maximum absolute atomic E-state index is 11.4. The van der Waals surface area contributed by atoms with Crippen LogP contribution < -0.4 is 9.64 Å². The predicted molar refractivity (Wildman–Crippen MR) is 93.8 cm³/mol. The number of anilines is 1. The summed E-state index contributed by atoms with van der Waals surface area (Å²) in [6.07, 6.45) is 3.10. The van der Waals surface area contributed by atoms with Gasteiger partial charge in [0.2, 0.25) is 0 Å². The number of nitro groups is 1. The molecule has 0 saturated carbocycles. The molecule has 0 bridgehead atoms. The van der Waals surface area contributed by atoms with Crippen LogP contribution in [0.1, 0.15) is 6.42 Å². The minimum absolute atomic E-state index is 0.0435. The molecule has 25 heavy (non-hydrogen) atoms. The fourth-order valence-corrected chi connectivity index (χ4v) is 2.73. The van der Waals surface area contributed by atoms with E-state index < -0.39 is 14.8 Å². The Bertz CT molecular complexity index is 820. The van der Waals surface area contributed by atoms with Gasteiger partial charge in [-0.3, -0.25) is 10.1 Å². The quantitative estimate of drug-likeness (QED) is 0.402. The average molecular weight is 365 g/mol. The van der Waals surface area contributed by atoms with Gasteiger partial charge in [0.25, 0.3) is 5.69 Å². The Kier molecular flexibility index (Phi) is 5.92. The molecule has 8 nitrogen and oxygen atoms in total. The molecule has 0 aliphatic rings. The third-order valence-electron chi connectivity index (χ3n) is 3.49. The van der Waals surface area contributed by atoms with Crippen LogP contribution in [0.4, 0.5) is 11.5 Å². The summed E-state index contributed by atoms with van der Waals surface area (Å²) < 4.78 is 28.3. The van der Waals surface area contributed by atoms with Gasteiger partial charge >= 0.3 is 0 Å². The van der Waals surface area contributed by atoms with Crippen molar-refractivity contribution < 1.29 is 18.1 Å². The third kappa shape index (κ3) is 5.42. The zero-order valence-corrected chi connectivity index (χ0v) is 14.8. The monoisotopic (exact) mass is 365 g/mol. The molecule has 134 valence electrons. The maximum atomic E-state index is 11.4. The van der Waals surface area contributed by atoms with Crippen LogP contribution in [-0.4, -0.2) is 44.8 Å². The molecule has 1 aromatic heterocycles. The first-order valence-electron chi connectivity index (χ1n) is 7.52. The van der Waals surface area contributed by atoms with Crippen LogP contribution in [0.25, 0.3) is 0 Å². The van der Waals surface area contributed by atoms with Crippen molar-refractivity contribution in [1.82, 2.24) is 4.98 Å². The fraction of sp³-hybridized carbons (Fsp3) is 0.312. The van der Waals surface area contributed by atoms with Crippen molar-refractivity contribution in [3.8, 4) is 5.75 Å². The van der Waals surface area contributed by atoms with E-state index in [1.54, 1.807) is 18.2 Å². The highest BCUT2D eigenvalue weighted by Crippen LogP contribution is 2.17. The van der Waals surface area contributed by atoms with Crippen LogP contribution in [0.15, 0.2) is 47.5 Å². The molecule has 0 unspecified atom stereocenters. The summed E-state index contributed by atoms with van der Waals surface area (Å²) in [4.78, 5) is 16.3. The van der Waals surface area contributed by atoms with E-state index in [9.17, 15) is 18.5 Å². The number of ether oxygens (including phenoxy) is 1. The summed E-state index contributed by atoms with van der Waals surface area (Å²) in [7, 11) is -1.36. The number of hydrogen-bond acceptors (Lipinski definition) is 7. The van der Waals surface area contributed by atoms with Gasteiger partial charge in [0.1, 0.15) is 17.8 Å². The van der Waals surface area contributed by atoms with Crippen LogP contribution >= 0.6 is 0 Å². The van der Waals surface area contributed by atoms with E-state index >= 15 is 0 Å². The van der Waals surface area contributed by atoms with E-state index in [-0.39, 0.29) is 10.6 Å². The van der Waals surface area contributed by atoms with Crippen molar-refractivity contribution >= 4 is 21.3 Å². The van der Waals surface area contributed by atoms with Crippen molar-refractivity contribution in [3.63, 3.8) is 0 Å². The van der Waals surface area contributed by atoms with E-state index in [0.29, 0.717) is 31.1 Å². The van der Waals surface area contributed by atoms with Gasteiger partial charge in [0.15, 0.2) is 9.84 Å². The van der Waals surface area contributed by atoms with Crippen LogP contribution in [0, 0.1) is 10.1 Å². The number of hydrogen-bond donors (Lipinski definition) is 0. The van der Waals surface area contributed by atoms with E-state index in [4.69, 9.17) is 4.74 Å². The molecule has 9 heteroatoms. The molecular weight excluding hydrogens is 346 g/mol. The highest BCUT2D eigenvalue weighted by Gasteiger charge is 2.08. The molecule has 0 saturated heterocycles. The largest absolute Gasteiger partial charge is 0.494 e. The first kappa shape index (κ1) is 18.7. The van der Waals surface area contributed by atoms with E-state index in [1.807, 2.05) is 11.9 Å². The third-order valence-corrected chi connectivity index (χ3v) is 4.62. The summed E-state index contributed by atoms with van der Waals surface area (Å²) in [6, 6.07) is 9.28. The molecule has 2 rings (SSSR count). The van der Waals surface area contributed by atoms with Gasteiger partial charge in [-0.05, 0) is 36.8 Å². The minimum Gasteiger partial charge on any atom is -0.494 e. The predicted octanol–water partition coefficient (Wildman–Crippen LogP) is 2.30. The normalized spacial score (nSPS) is 11.1. The highest BCUT2D eigenvalue weighted by molar-refractivity contribution is 7.90. The molecule has 2 aromatic rings. The topological polar surface area (TPSA) is 103 Å². The van der Waals surface area contributed by atoms with Crippen molar-refractivity contribution in [1.29, 1.82) is 0 Å². The molecule has 1 aromatic carbocycles. The molecule has 0 fully saturated rings. The summed E-state index contributed by atoms with van der Waals surface area (Å²) >= 11 is 0. The highest BCUT2D eigenvalue weighted by atomic mass is 32.2. The lowest BCUT2D eigenvalue weighted by atomic mass is 10.3. The summed E-state index contributed by atoms with van der Waals surface area (Å²) in [5.41, 5.74) is -0.0435. The fourth-order valence-electron chi connectivity index (χ4n) is 2.10. The summed E-state index contributed by atoms with van der Waals surface area (Å²) in [5.74, 6) is 1.24. The van der Waals surface area contributed by atoms with Crippen molar-refractivity contribution in [3.05, 3.63) is 52.7 Å². The lowest BCUT2D eigenvalue weighted by Crippen LogP contribution is -2.21. The van der Waals surface area contributed by atoms with Crippen molar-refractivity contribution in [2.75, 3.05) is 31.4 Å². The Morgan fingerprint density at radius 3 is 2.40 bits per heavy atom. The Balaban J connectivity index is 1.79. The number of benzene rings is 1. The molecule has 0 atom stereocenters. The second-order valence-corrected chi connectivity index (χ2v) is 7.51. The van der Waals surface area contributed by atoms with Crippen LogP contribution in [0.5, 0.6) is 5.75 Å². The molecule has 0 spiro atoms. The Morgan fingerprint density at radius 1 is 1.20 bits per heavy atom. The van der Waals surface area contributed by atoms with Crippen molar-refractivity contribution in [2.24, 2.45) is 0 Å². The van der Waals surface area contributed by atoms with Gasteiger partial charge in [0, 0.05) is 25.9 Å². The standard InChI is InChI=1S/C16H19N3O5S/c1-18(16-9-4-13(12-17-16)19(20)21)10-3-11-24-14-5-7-15(8-6-14)25(2,22)23/h4-9,12H,3,10-11H2,1-2H3. The second kappa shape index (κ2) is 7.93. The Hall–Kier alpha value is -2.68. The lowest BCUT2D eigenvalue weighted by molar-refractivity contribution is -0.385. The van der Waals surface area contributed by atoms with Gasteiger partial charge < -0.3 is 9.64 Å². The SMILES string of the molecule is CN(CCCOc1ccc(S(C)(=O)=O)cc1)c1ccc([N+](=O)[O-])cn1. The van der Waals surface area contributed by atoms with E-state index in [2.05, 4.69) is 4.98 Å². The summed E-state index contributed by atoms with van der Waals surface area (Å²) in [5, 5.41) is 10.6. The smallest absolute Gasteiger partial charge is 0.287 e. The number of rotatable bonds is 8. The van der Waals surface area contributed by atoms with E-state index in [0.717, 1.165) is 6.26 Å². The molecule has 0 radical (unpaired) electrons. The van der Waals surface area contributed by atoms with Crippen molar-refractivity contribution in [2.45, 2.75) is 11.3 Å². The zero-order chi connectivity index (χ0) is 18.4. The Morgan fingerprint density at radius 2 is 1.88 bits per heavy atom. The maximum Gasteiger partial charge on any atom is 0.287 e. The van der Waals surface area contributed by atoms with Crippen LogP contribution in [0.3, 0.4) is 0 Å². The molecule has 1 heterocycles. The zero-order valence-electron chi connectivity index (χ0n) is 14.0. The van der Waals surface area contributed by atoms with Gasteiger partial charge in [0.05, 0.1) is 16.4 Å². The average Bonchev–Trinajstić information content (AvgIpc) is 2.58. The number of aromatic nitrogens is 1. The van der Waals surface area contributed by atoms with Gasteiger partial charge in [-0.2, -0.15) is 0 Å². The van der Waals surface area contributed by atoms with E-state index in [1.165, 1.54) is 24.4 Å². The molecule has 0 aliphatic heterocycles. The molecular formula is C16H19N3O5S. The first-order chi connectivity index (χ1) is 11.8. The Labute approximate surface area is 146 Å². The summed E-state index contributed by atoms with van der Waals surface area (Å²) in [6.45, 7) is 1.11. The lowest BCUT2D eigenvalue weighted by Gasteiger charge is -2.17. The molecule has 0 aliphatic carbocycles. The molecule has 0 N–H and O–H groups in total. The minimum atomic E-state index is -3.21. The number of sulfone groups is 1. The molecule has 0 amide bonds. The van der Waals surface area contributed by atoms with Gasteiger partial charge in [-0.25, -0.2) is 13.4 Å². The number of nitrogens with zero attached hydrogens (tertiary/aromatic N) is 3. The van der Waals surface area contributed by atoms with Gasteiger partial charge in [-0.1, -0.05) is 0 Å². The van der Waals surface area contributed by atoms with Crippen LogP contribution in [-0.2, 0) is 9.84 Å². The first-order valence-corrected chi connectivity index (χ1v) is 9.41. The van der Waals surface area contributed by atoms with Crippen LogP contribution in [0.2, 0.25) is 0 Å². The van der Waals surface area contributed by atoms with Gasteiger partial charge in [-0.15, -0.1) is 0 Å². The second-order valence-electron chi connectivity index (χ2n) is 5.50. The number of pyridine rings is 1.